The van der Waals surface area contributed by atoms with Gasteiger partial charge in [0.05, 0.1) is 4.88 Å². The number of hydrogen-bond donors (Lipinski definition) is 1. The molecule has 1 amide bonds. The molecule has 18 heavy (non-hydrogen) atoms. The first kappa shape index (κ1) is 12.6. The molecule has 1 heterocycles. The van der Waals surface area contributed by atoms with Gasteiger partial charge in [0, 0.05) is 25.5 Å². The lowest BCUT2D eigenvalue weighted by atomic mass is 10.1. The number of carbonyl (C=O) groups excluding carboxylic acids is 1. The van der Waals surface area contributed by atoms with Gasteiger partial charge >= 0.3 is 0 Å². The fourth-order valence-corrected chi connectivity index (χ4v) is 2.39. The fraction of sp³-hybridized carbons (Fsp3) is 0.214. The molecular formula is C14H16N2OS. The van der Waals surface area contributed by atoms with E-state index in [4.69, 9.17) is 0 Å². The van der Waals surface area contributed by atoms with Gasteiger partial charge in [0.15, 0.2) is 0 Å². The van der Waals surface area contributed by atoms with Crippen molar-refractivity contribution in [3.63, 3.8) is 0 Å². The van der Waals surface area contributed by atoms with E-state index in [9.17, 15) is 4.79 Å². The Morgan fingerprint density at radius 2 is 2.06 bits per heavy atom. The Bertz CT molecular complexity index is 547. The molecule has 0 bridgehead atoms. The maximum atomic E-state index is 11.9. The molecule has 3 nitrogen and oxygen atoms in total. The standard InChI is InChI=1S/C14H16N2OS/c1-10-6-7-11(9-12(10)16(2)3)15-14(17)13-5-4-8-18-13/h4-9H,1-3H3,(H,15,17). The van der Waals surface area contributed by atoms with Gasteiger partial charge in [-0.15, -0.1) is 11.3 Å². The quantitative estimate of drug-likeness (QED) is 0.917. The predicted molar refractivity (Wildman–Crippen MR) is 77.8 cm³/mol. The molecule has 0 saturated heterocycles. The third-order valence-electron chi connectivity index (χ3n) is 2.69. The Labute approximate surface area is 111 Å². The number of carbonyl (C=O) groups is 1. The molecular weight excluding hydrogens is 244 g/mol. The van der Waals surface area contributed by atoms with Gasteiger partial charge in [-0.3, -0.25) is 4.79 Å². The molecule has 1 aromatic carbocycles. The zero-order valence-electron chi connectivity index (χ0n) is 10.7. The number of amides is 1. The van der Waals surface area contributed by atoms with Crippen LogP contribution in [0.3, 0.4) is 0 Å². The van der Waals surface area contributed by atoms with Gasteiger partial charge in [0.1, 0.15) is 0 Å². The molecule has 0 atom stereocenters. The third kappa shape index (κ3) is 2.71. The van der Waals surface area contributed by atoms with E-state index in [2.05, 4.69) is 12.2 Å². The van der Waals surface area contributed by atoms with Gasteiger partial charge in [-0.05, 0) is 36.1 Å². The lowest BCUT2D eigenvalue weighted by Gasteiger charge is -2.17. The van der Waals surface area contributed by atoms with E-state index in [1.807, 2.05) is 54.7 Å². The van der Waals surface area contributed by atoms with Crippen LogP contribution in [-0.2, 0) is 0 Å². The number of nitrogens with one attached hydrogen (secondary N) is 1. The number of nitrogens with zero attached hydrogens (tertiary/aromatic N) is 1. The van der Waals surface area contributed by atoms with Crippen LogP contribution in [0.5, 0.6) is 0 Å². The van der Waals surface area contributed by atoms with Crippen molar-refractivity contribution in [3.05, 3.63) is 46.2 Å². The number of thiophene rings is 1. The van der Waals surface area contributed by atoms with E-state index in [1.165, 1.54) is 16.9 Å². The normalized spacial score (nSPS) is 10.2. The first-order chi connectivity index (χ1) is 8.58. The Balaban J connectivity index is 2.20. The largest absolute Gasteiger partial charge is 0.377 e. The summed E-state index contributed by atoms with van der Waals surface area (Å²) in [5.74, 6) is -0.0569. The van der Waals surface area contributed by atoms with Crippen LogP contribution in [0.4, 0.5) is 11.4 Å². The lowest BCUT2D eigenvalue weighted by molar-refractivity contribution is 0.103. The zero-order valence-corrected chi connectivity index (χ0v) is 11.5. The summed E-state index contributed by atoms with van der Waals surface area (Å²) in [5.41, 5.74) is 3.12. The maximum Gasteiger partial charge on any atom is 0.265 e. The molecule has 0 aliphatic heterocycles. The maximum absolute atomic E-state index is 11.9. The van der Waals surface area contributed by atoms with Crippen molar-refractivity contribution in [3.8, 4) is 0 Å². The summed E-state index contributed by atoms with van der Waals surface area (Å²) >= 11 is 1.44. The van der Waals surface area contributed by atoms with Crippen LogP contribution in [0.1, 0.15) is 15.2 Å². The number of benzene rings is 1. The summed E-state index contributed by atoms with van der Waals surface area (Å²) in [6, 6.07) is 9.62. The Morgan fingerprint density at radius 1 is 1.28 bits per heavy atom. The predicted octanol–water partition coefficient (Wildman–Crippen LogP) is 3.37. The molecule has 0 radical (unpaired) electrons. The van der Waals surface area contributed by atoms with Crippen molar-refractivity contribution in [1.29, 1.82) is 0 Å². The first-order valence-electron chi connectivity index (χ1n) is 5.71. The molecule has 0 aliphatic carbocycles. The van der Waals surface area contributed by atoms with Crippen molar-refractivity contribution >= 4 is 28.6 Å². The number of aryl methyl sites for hydroxylation is 1. The third-order valence-corrected chi connectivity index (χ3v) is 3.56. The van der Waals surface area contributed by atoms with E-state index in [0.717, 1.165) is 16.3 Å². The minimum atomic E-state index is -0.0569. The Hall–Kier alpha value is -1.81. The average Bonchev–Trinajstić information content (AvgIpc) is 2.85. The van der Waals surface area contributed by atoms with Crippen LogP contribution in [0.2, 0.25) is 0 Å². The lowest BCUT2D eigenvalue weighted by Crippen LogP contribution is -2.13. The monoisotopic (exact) mass is 260 g/mol. The number of hydrogen-bond acceptors (Lipinski definition) is 3. The highest BCUT2D eigenvalue weighted by Gasteiger charge is 2.08. The summed E-state index contributed by atoms with van der Waals surface area (Å²) in [6.45, 7) is 2.06. The number of anilines is 2. The second kappa shape index (κ2) is 5.23. The van der Waals surface area contributed by atoms with Crippen molar-refractivity contribution < 1.29 is 4.79 Å². The average molecular weight is 260 g/mol. The van der Waals surface area contributed by atoms with Crippen LogP contribution < -0.4 is 10.2 Å². The molecule has 0 saturated carbocycles. The van der Waals surface area contributed by atoms with Gasteiger partial charge in [0.25, 0.3) is 5.91 Å². The second-order valence-corrected chi connectivity index (χ2v) is 5.27. The molecule has 2 rings (SSSR count). The molecule has 1 N–H and O–H groups in total. The molecule has 0 spiro atoms. The fourth-order valence-electron chi connectivity index (χ4n) is 1.77. The van der Waals surface area contributed by atoms with Gasteiger partial charge in [0.2, 0.25) is 0 Å². The summed E-state index contributed by atoms with van der Waals surface area (Å²) < 4.78 is 0. The van der Waals surface area contributed by atoms with E-state index in [1.54, 1.807) is 0 Å². The van der Waals surface area contributed by atoms with E-state index < -0.39 is 0 Å². The molecule has 0 aliphatic rings. The topological polar surface area (TPSA) is 32.3 Å². The van der Waals surface area contributed by atoms with Crippen LogP contribution in [0.15, 0.2) is 35.7 Å². The SMILES string of the molecule is Cc1ccc(NC(=O)c2cccs2)cc1N(C)C. The highest BCUT2D eigenvalue weighted by atomic mass is 32.1. The zero-order chi connectivity index (χ0) is 13.1. The van der Waals surface area contributed by atoms with Crippen LogP contribution in [0, 0.1) is 6.92 Å². The summed E-state index contributed by atoms with van der Waals surface area (Å²) in [7, 11) is 3.99. The molecule has 0 fully saturated rings. The van der Waals surface area contributed by atoms with Gasteiger partial charge < -0.3 is 10.2 Å². The van der Waals surface area contributed by atoms with Gasteiger partial charge in [-0.25, -0.2) is 0 Å². The highest BCUT2D eigenvalue weighted by molar-refractivity contribution is 7.12. The summed E-state index contributed by atoms with van der Waals surface area (Å²) in [6.07, 6.45) is 0. The van der Waals surface area contributed by atoms with Gasteiger partial charge in [-0.1, -0.05) is 12.1 Å². The molecule has 0 unspecified atom stereocenters. The number of rotatable bonds is 3. The first-order valence-corrected chi connectivity index (χ1v) is 6.59. The minimum absolute atomic E-state index is 0.0569. The van der Waals surface area contributed by atoms with Crippen molar-refractivity contribution in [2.45, 2.75) is 6.92 Å². The second-order valence-electron chi connectivity index (χ2n) is 4.33. The van der Waals surface area contributed by atoms with Crippen molar-refractivity contribution in [1.82, 2.24) is 0 Å². The molecule has 1 aromatic heterocycles. The van der Waals surface area contributed by atoms with Crippen LogP contribution >= 0.6 is 11.3 Å². The van der Waals surface area contributed by atoms with E-state index in [-0.39, 0.29) is 5.91 Å². The van der Waals surface area contributed by atoms with E-state index in [0.29, 0.717) is 0 Å². The molecule has 4 heteroatoms. The van der Waals surface area contributed by atoms with Gasteiger partial charge in [-0.2, -0.15) is 0 Å². The highest BCUT2D eigenvalue weighted by Crippen LogP contribution is 2.23. The van der Waals surface area contributed by atoms with Crippen molar-refractivity contribution in [2.24, 2.45) is 0 Å². The Kier molecular flexibility index (Phi) is 3.67. The molecule has 94 valence electrons. The molecule has 2 aromatic rings. The summed E-state index contributed by atoms with van der Waals surface area (Å²) in [5, 5.41) is 4.81. The summed E-state index contributed by atoms with van der Waals surface area (Å²) in [4.78, 5) is 14.7. The van der Waals surface area contributed by atoms with E-state index >= 15 is 0 Å². The Morgan fingerprint density at radius 3 is 2.67 bits per heavy atom. The minimum Gasteiger partial charge on any atom is -0.377 e. The van der Waals surface area contributed by atoms with Crippen LogP contribution in [0.25, 0.3) is 0 Å². The van der Waals surface area contributed by atoms with Crippen molar-refractivity contribution in [2.75, 3.05) is 24.3 Å². The smallest absolute Gasteiger partial charge is 0.265 e. The van der Waals surface area contributed by atoms with Crippen LogP contribution in [-0.4, -0.2) is 20.0 Å².